The summed E-state index contributed by atoms with van der Waals surface area (Å²) in [5, 5.41) is 9.39. The van der Waals surface area contributed by atoms with E-state index in [4.69, 9.17) is 0 Å². The van der Waals surface area contributed by atoms with Gasteiger partial charge in [-0.3, -0.25) is 9.69 Å². The quantitative estimate of drug-likeness (QED) is 0.897. The van der Waals surface area contributed by atoms with Crippen molar-refractivity contribution >= 4 is 5.97 Å². The molecule has 0 amide bonds. The Morgan fingerprint density at radius 3 is 2.67 bits per heavy atom. The monoisotopic (exact) mass is 251 g/mol. The van der Waals surface area contributed by atoms with Gasteiger partial charge in [-0.25, -0.2) is 4.39 Å². The number of carbonyl (C=O) groups is 1. The first-order valence-corrected chi connectivity index (χ1v) is 6.25. The molecule has 18 heavy (non-hydrogen) atoms. The lowest BCUT2D eigenvalue weighted by atomic mass is 9.88. The number of carboxylic acid groups (broad SMARTS) is 1. The molecule has 98 valence electrons. The Kier molecular flexibility index (Phi) is 3.66. The van der Waals surface area contributed by atoms with Crippen LogP contribution in [0.2, 0.25) is 0 Å². The van der Waals surface area contributed by atoms with Gasteiger partial charge in [-0.2, -0.15) is 0 Å². The van der Waals surface area contributed by atoms with Crippen molar-refractivity contribution in [3.05, 3.63) is 35.6 Å². The molecule has 3 nitrogen and oxygen atoms in total. The zero-order valence-corrected chi connectivity index (χ0v) is 10.5. The highest BCUT2D eigenvalue weighted by Gasteiger charge is 2.40. The number of rotatable bonds is 3. The van der Waals surface area contributed by atoms with Crippen LogP contribution in [-0.2, 0) is 11.3 Å². The lowest BCUT2D eigenvalue weighted by Gasteiger charge is -2.41. The van der Waals surface area contributed by atoms with Crippen LogP contribution >= 0.6 is 0 Å². The minimum Gasteiger partial charge on any atom is -0.480 e. The third-order valence-electron chi connectivity index (χ3n) is 3.79. The second kappa shape index (κ2) is 5.06. The molecule has 0 spiro atoms. The first kappa shape index (κ1) is 13.0. The molecule has 0 aromatic heterocycles. The largest absolute Gasteiger partial charge is 0.480 e. The second-order valence-corrected chi connectivity index (χ2v) is 5.08. The molecular weight excluding hydrogens is 233 g/mol. The number of benzene rings is 1. The summed E-state index contributed by atoms with van der Waals surface area (Å²) in [5.74, 6) is -1.04. The smallest absolute Gasteiger partial charge is 0.323 e. The predicted molar refractivity (Wildman–Crippen MR) is 66.7 cm³/mol. The third kappa shape index (κ3) is 2.53. The Balaban J connectivity index is 2.15. The van der Waals surface area contributed by atoms with Crippen molar-refractivity contribution in [1.29, 1.82) is 0 Å². The molecule has 0 bridgehead atoms. The summed E-state index contributed by atoms with van der Waals surface area (Å²) in [5.41, 5.74) is 0.151. The summed E-state index contributed by atoms with van der Waals surface area (Å²) < 4.78 is 12.8. The average Bonchev–Trinajstić information content (AvgIpc) is 2.35. The minimum absolute atomic E-state index is 0.265. The van der Waals surface area contributed by atoms with Crippen molar-refractivity contribution in [2.45, 2.75) is 38.3 Å². The van der Waals surface area contributed by atoms with Gasteiger partial charge in [-0.05, 0) is 50.4 Å². The van der Waals surface area contributed by atoms with E-state index in [-0.39, 0.29) is 5.82 Å². The Morgan fingerprint density at radius 2 is 2.06 bits per heavy atom. The maximum atomic E-state index is 12.8. The van der Waals surface area contributed by atoms with Gasteiger partial charge in [0.1, 0.15) is 11.4 Å². The predicted octanol–water partition coefficient (Wildman–Crippen LogP) is 2.65. The summed E-state index contributed by atoms with van der Waals surface area (Å²) in [6, 6.07) is 6.26. The Hall–Kier alpha value is -1.42. The van der Waals surface area contributed by atoms with E-state index < -0.39 is 11.5 Å². The van der Waals surface area contributed by atoms with Crippen LogP contribution in [0, 0.1) is 5.82 Å². The maximum Gasteiger partial charge on any atom is 0.323 e. The van der Waals surface area contributed by atoms with Gasteiger partial charge in [0.25, 0.3) is 0 Å². The van der Waals surface area contributed by atoms with Gasteiger partial charge < -0.3 is 5.11 Å². The summed E-state index contributed by atoms with van der Waals surface area (Å²) in [4.78, 5) is 13.4. The number of hydrogen-bond donors (Lipinski definition) is 1. The van der Waals surface area contributed by atoms with Crippen LogP contribution in [0.4, 0.5) is 4.39 Å². The van der Waals surface area contributed by atoms with Crippen molar-refractivity contribution in [3.63, 3.8) is 0 Å². The maximum absolute atomic E-state index is 12.8. The van der Waals surface area contributed by atoms with E-state index in [0.29, 0.717) is 13.0 Å². The Morgan fingerprint density at radius 1 is 1.39 bits per heavy atom. The Bertz CT molecular complexity index is 432. The number of halogens is 1. The van der Waals surface area contributed by atoms with Crippen LogP contribution < -0.4 is 0 Å². The molecule has 1 aromatic rings. The summed E-state index contributed by atoms with van der Waals surface area (Å²) >= 11 is 0. The molecule has 1 heterocycles. The molecular formula is C14H18FNO2. The first-order valence-electron chi connectivity index (χ1n) is 6.25. The van der Waals surface area contributed by atoms with Crippen LogP contribution in [0.5, 0.6) is 0 Å². The SMILES string of the molecule is CC1(C(=O)O)CCCCN1Cc1ccc(F)cc1. The van der Waals surface area contributed by atoms with Crippen LogP contribution in [0.15, 0.2) is 24.3 Å². The molecule has 1 aliphatic rings. The Labute approximate surface area is 106 Å². The summed E-state index contributed by atoms with van der Waals surface area (Å²) in [6.45, 7) is 3.11. The van der Waals surface area contributed by atoms with Crippen LogP contribution in [0.25, 0.3) is 0 Å². The molecule has 1 N–H and O–H groups in total. The van der Waals surface area contributed by atoms with E-state index in [2.05, 4.69) is 0 Å². The molecule has 2 rings (SSSR count). The zero-order valence-electron chi connectivity index (χ0n) is 10.5. The minimum atomic E-state index is -0.799. The lowest BCUT2D eigenvalue weighted by molar-refractivity contribution is -0.153. The van der Waals surface area contributed by atoms with E-state index in [1.807, 2.05) is 4.90 Å². The highest BCUT2D eigenvalue weighted by atomic mass is 19.1. The van der Waals surface area contributed by atoms with Crippen molar-refractivity contribution in [3.8, 4) is 0 Å². The normalized spacial score (nSPS) is 25.0. The van der Waals surface area contributed by atoms with E-state index in [1.165, 1.54) is 12.1 Å². The number of likely N-dealkylation sites (tertiary alicyclic amines) is 1. The van der Waals surface area contributed by atoms with Gasteiger partial charge in [0.05, 0.1) is 0 Å². The van der Waals surface area contributed by atoms with Gasteiger partial charge in [0.15, 0.2) is 0 Å². The highest BCUT2D eigenvalue weighted by Crippen LogP contribution is 2.29. The zero-order chi connectivity index (χ0) is 13.2. The van der Waals surface area contributed by atoms with Gasteiger partial charge in [-0.1, -0.05) is 12.1 Å². The molecule has 4 heteroatoms. The molecule has 1 unspecified atom stereocenters. The van der Waals surface area contributed by atoms with Crippen molar-refractivity contribution < 1.29 is 14.3 Å². The van der Waals surface area contributed by atoms with Crippen molar-refractivity contribution in [2.24, 2.45) is 0 Å². The molecule has 0 radical (unpaired) electrons. The van der Waals surface area contributed by atoms with Gasteiger partial charge in [-0.15, -0.1) is 0 Å². The molecule has 0 saturated carbocycles. The highest BCUT2D eigenvalue weighted by molar-refractivity contribution is 5.78. The van der Waals surface area contributed by atoms with E-state index in [1.54, 1.807) is 19.1 Å². The number of nitrogens with zero attached hydrogens (tertiary/aromatic N) is 1. The number of piperidine rings is 1. The fraction of sp³-hybridized carbons (Fsp3) is 0.500. The molecule has 1 aromatic carbocycles. The van der Waals surface area contributed by atoms with E-state index in [0.717, 1.165) is 24.9 Å². The van der Waals surface area contributed by atoms with Crippen LogP contribution in [0.3, 0.4) is 0 Å². The third-order valence-corrected chi connectivity index (χ3v) is 3.79. The molecule has 1 atom stereocenters. The van der Waals surface area contributed by atoms with Gasteiger partial charge >= 0.3 is 5.97 Å². The average molecular weight is 251 g/mol. The van der Waals surface area contributed by atoms with Crippen LogP contribution in [0.1, 0.15) is 31.7 Å². The topological polar surface area (TPSA) is 40.5 Å². The molecule has 0 aliphatic carbocycles. The molecule has 1 aliphatic heterocycles. The van der Waals surface area contributed by atoms with Gasteiger partial charge in [0, 0.05) is 6.54 Å². The van der Waals surface area contributed by atoms with E-state index in [9.17, 15) is 14.3 Å². The molecule has 1 saturated heterocycles. The van der Waals surface area contributed by atoms with Gasteiger partial charge in [0.2, 0.25) is 0 Å². The lowest BCUT2D eigenvalue weighted by Crippen LogP contribution is -2.54. The standard InChI is InChI=1S/C14H18FNO2/c1-14(13(17)18)8-2-3-9-16(14)10-11-4-6-12(15)7-5-11/h4-7H,2-3,8-10H2,1H3,(H,17,18). The van der Waals surface area contributed by atoms with Crippen molar-refractivity contribution in [2.75, 3.05) is 6.54 Å². The summed E-state index contributed by atoms with van der Waals surface area (Å²) in [7, 11) is 0. The summed E-state index contributed by atoms with van der Waals surface area (Å²) in [6.07, 6.45) is 2.64. The number of carboxylic acids is 1. The van der Waals surface area contributed by atoms with Crippen LogP contribution in [-0.4, -0.2) is 28.1 Å². The number of hydrogen-bond acceptors (Lipinski definition) is 2. The fourth-order valence-corrected chi connectivity index (χ4v) is 2.48. The van der Waals surface area contributed by atoms with E-state index >= 15 is 0 Å². The first-order chi connectivity index (χ1) is 8.52. The fourth-order valence-electron chi connectivity index (χ4n) is 2.48. The van der Waals surface area contributed by atoms with Crippen molar-refractivity contribution in [1.82, 2.24) is 4.90 Å². The second-order valence-electron chi connectivity index (χ2n) is 5.08. The number of aliphatic carboxylic acids is 1. The molecule has 1 fully saturated rings.